The summed E-state index contributed by atoms with van der Waals surface area (Å²) in [5.41, 5.74) is 2.60. The van der Waals surface area contributed by atoms with Gasteiger partial charge in [0.2, 0.25) is 11.5 Å². The van der Waals surface area contributed by atoms with Gasteiger partial charge in [0.05, 0.1) is 11.6 Å². The Morgan fingerprint density at radius 1 is 0.964 bits per heavy atom. The molecule has 2 heterocycles. The molecule has 140 valence electrons. The molecule has 0 unspecified atom stereocenters. The lowest BCUT2D eigenvalue weighted by Gasteiger charge is -2.30. The number of aryl methyl sites for hydroxylation is 1. The number of anilines is 1. The van der Waals surface area contributed by atoms with E-state index < -0.39 is 6.04 Å². The van der Waals surface area contributed by atoms with Crippen LogP contribution in [-0.2, 0) is 11.8 Å². The van der Waals surface area contributed by atoms with Gasteiger partial charge in [0.25, 0.3) is 5.91 Å². The molecule has 0 spiro atoms. The minimum absolute atomic E-state index is 0.0874. The largest absolute Gasteiger partial charge is 0.324 e. The average Bonchev–Trinajstić information content (AvgIpc) is 2.85. The molecular weight excluding hydrogens is 354 g/mol. The third-order valence-electron chi connectivity index (χ3n) is 4.86. The second-order valence-corrected chi connectivity index (χ2v) is 6.75. The highest BCUT2D eigenvalue weighted by Crippen LogP contribution is 2.36. The minimum atomic E-state index is -0.430. The van der Waals surface area contributed by atoms with E-state index in [4.69, 9.17) is 0 Å². The molecule has 3 aromatic rings. The van der Waals surface area contributed by atoms with Gasteiger partial charge in [-0.3, -0.25) is 14.4 Å². The van der Waals surface area contributed by atoms with Crippen molar-refractivity contribution in [3.63, 3.8) is 0 Å². The molecule has 1 aromatic heterocycles. The lowest BCUT2D eigenvalue weighted by Crippen LogP contribution is -2.39. The van der Waals surface area contributed by atoms with Crippen molar-refractivity contribution < 1.29 is 9.59 Å². The Balaban J connectivity index is 1.87. The fraction of sp³-hybridized carbons (Fsp3) is 0.136. The molecule has 1 aliphatic rings. The number of fused-ring (bicyclic) bond motifs is 1. The summed E-state index contributed by atoms with van der Waals surface area (Å²) in [6, 6.07) is 19.5. The van der Waals surface area contributed by atoms with E-state index in [-0.39, 0.29) is 23.9 Å². The van der Waals surface area contributed by atoms with E-state index >= 15 is 0 Å². The van der Waals surface area contributed by atoms with Crippen LogP contribution in [0.25, 0.3) is 0 Å². The van der Waals surface area contributed by atoms with E-state index in [1.165, 1.54) is 22.9 Å². The number of amides is 2. The maximum absolute atomic E-state index is 13.4. The van der Waals surface area contributed by atoms with Crippen molar-refractivity contribution in [1.82, 2.24) is 9.47 Å². The maximum Gasteiger partial charge on any atom is 0.256 e. The number of pyridine rings is 1. The van der Waals surface area contributed by atoms with Gasteiger partial charge >= 0.3 is 0 Å². The highest BCUT2D eigenvalue weighted by molar-refractivity contribution is 6.01. The predicted octanol–water partition coefficient (Wildman–Crippen LogP) is 2.57. The Morgan fingerprint density at radius 2 is 1.68 bits per heavy atom. The number of rotatable bonds is 2. The first-order valence-electron chi connectivity index (χ1n) is 8.96. The Bertz CT molecular complexity index is 1110. The minimum Gasteiger partial charge on any atom is -0.324 e. The van der Waals surface area contributed by atoms with Crippen LogP contribution in [0.5, 0.6) is 0 Å². The fourth-order valence-electron chi connectivity index (χ4n) is 3.52. The maximum atomic E-state index is 13.4. The van der Waals surface area contributed by atoms with E-state index in [1.54, 1.807) is 11.9 Å². The molecule has 1 N–H and O–H groups in total. The quantitative estimate of drug-likeness (QED) is 0.750. The number of nitrogens with zero attached hydrogens (tertiary/aromatic N) is 2. The normalized spacial score (nSPS) is 16.1. The van der Waals surface area contributed by atoms with Crippen LogP contribution < -0.4 is 10.9 Å². The first-order chi connectivity index (χ1) is 13.5. The number of nitrogens with one attached hydrogen (secondary N) is 1. The van der Waals surface area contributed by atoms with Crippen molar-refractivity contribution in [3.05, 3.63) is 100.0 Å². The van der Waals surface area contributed by atoms with Crippen LogP contribution in [0.2, 0.25) is 0 Å². The van der Waals surface area contributed by atoms with E-state index in [1.807, 2.05) is 54.6 Å². The number of para-hydroxylation sites is 1. The number of aromatic nitrogens is 1. The Kier molecular flexibility index (Phi) is 4.53. The highest BCUT2D eigenvalue weighted by atomic mass is 16.2. The molecule has 0 saturated heterocycles. The van der Waals surface area contributed by atoms with Crippen LogP contribution in [0.1, 0.15) is 27.5 Å². The second kappa shape index (κ2) is 7.15. The fourth-order valence-corrected chi connectivity index (χ4v) is 3.52. The summed E-state index contributed by atoms with van der Waals surface area (Å²) in [6.07, 6.45) is 1.50. The van der Waals surface area contributed by atoms with Crippen molar-refractivity contribution in [2.45, 2.75) is 6.04 Å². The average molecular weight is 373 g/mol. The Morgan fingerprint density at radius 3 is 2.43 bits per heavy atom. The molecule has 4 rings (SSSR count). The summed E-state index contributed by atoms with van der Waals surface area (Å²) in [4.78, 5) is 39.2. The topological polar surface area (TPSA) is 71.4 Å². The summed E-state index contributed by atoms with van der Waals surface area (Å²) in [5.74, 6) is -0.569. The molecule has 0 radical (unpaired) electrons. The zero-order valence-corrected chi connectivity index (χ0v) is 15.3. The number of carbonyl (C=O) groups excluding carboxylic acids is 2. The number of hydrogen-bond acceptors (Lipinski definition) is 3. The van der Waals surface area contributed by atoms with Gasteiger partial charge in [-0.1, -0.05) is 48.5 Å². The smallest absolute Gasteiger partial charge is 0.256 e. The van der Waals surface area contributed by atoms with Gasteiger partial charge < -0.3 is 14.8 Å². The Labute approximate surface area is 162 Å². The summed E-state index contributed by atoms with van der Waals surface area (Å²) in [6.45, 7) is -0.0874. The molecule has 6 nitrogen and oxygen atoms in total. The van der Waals surface area contributed by atoms with Crippen molar-refractivity contribution in [2.75, 3.05) is 11.9 Å². The van der Waals surface area contributed by atoms with Crippen molar-refractivity contribution in [1.29, 1.82) is 0 Å². The lowest BCUT2D eigenvalue weighted by molar-refractivity contribution is -0.117. The van der Waals surface area contributed by atoms with E-state index in [0.29, 0.717) is 11.3 Å². The molecule has 6 heteroatoms. The van der Waals surface area contributed by atoms with Crippen molar-refractivity contribution in [3.8, 4) is 0 Å². The summed E-state index contributed by atoms with van der Waals surface area (Å²) >= 11 is 0. The van der Waals surface area contributed by atoms with Crippen LogP contribution >= 0.6 is 0 Å². The highest BCUT2D eigenvalue weighted by Gasteiger charge is 2.33. The van der Waals surface area contributed by atoms with Crippen LogP contribution in [0.4, 0.5) is 5.69 Å². The van der Waals surface area contributed by atoms with Gasteiger partial charge in [-0.05, 0) is 17.7 Å². The summed E-state index contributed by atoms with van der Waals surface area (Å²) < 4.78 is 1.36. The second-order valence-electron chi connectivity index (χ2n) is 6.75. The van der Waals surface area contributed by atoms with E-state index in [9.17, 15) is 14.4 Å². The molecule has 0 fully saturated rings. The molecule has 0 bridgehead atoms. The zero-order chi connectivity index (χ0) is 19.7. The zero-order valence-electron chi connectivity index (χ0n) is 15.3. The Hall–Kier alpha value is -3.67. The number of hydrogen-bond donors (Lipinski definition) is 1. The SMILES string of the molecule is Cn1cc(C(=O)N2CC(=O)Nc3ccccc3[C@@H]2c2ccccc2)ccc1=O. The summed E-state index contributed by atoms with van der Waals surface area (Å²) in [7, 11) is 1.60. The van der Waals surface area contributed by atoms with Gasteiger partial charge in [-0.2, -0.15) is 0 Å². The number of benzene rings is 2. The molecule has 1 atom stereocenters. The van der Waals surface area contributed by atoms with Gasteiger partial charge in [0, 0.05) is 30.6 Å². The standard InChI is InChI=1S/C22H19N3O3/c1-24-13-16(11-12-20(24)27)22(28)25-14-19(26)23-18-10-6-5-9-17(18)21(25)15-7-3-2-4-8-15/h2-13,21H,14H2,1H3,(H,23,26)/t21-/m0/s1. The predicted molar refractivity (Wildman–Crippen MR) is 106 cm³/mol. The molecule has 0 aliphatic carbocycles. The van der Waals surface area contributed by atoms with Gasteiger partial charge in [0.15, 0.2) is 0 Å². The van der Waals surface area contributed by atoms with Crippen LogP contribution in [0, 0.1) is 0 Å². The number of carbonyl (C=O) groups is 2. The van der Waals surface area contributed by atoms with Gasteiger partial charge in [-0.25, -0.2) is 0 Å². The molecule has 1 aliphatic heterocycles. The van der Waals surface area contributed by atoms with Crippen LogP contribution in [0.15, 0.2) is 77.7 Å². The molecular formula is C22H19N3O3. The van der Waals surface area contributed by atoms with Gasteiger partial charge in [0.1, 0.15) is 6.54 Å². The third-order valence-corrected chi connectivity index (χ3v) is 4.86. The lowest BCUT2D eigenvalue weighted by atomic mass is 9.95. The monoisotopic (exact) mass is 373 g/mol. The van der Waals surface area contributed by atoms with Gasteiger partial charge in [-0.15, -0.1) is 0 Å². The van der Waals surface area contributed by atoms with Crippen LogP contribution in [0.3, 0.4) is 0 Å². The van der Waals surface area contributed by atoms with Crippen LogP contribution in [-0.4, -0.2) is 27.8 Å². The van der Waals surface area contributed by atoms with Crippen molar-refractivity contribution >= 4 is 17.5 Å². The molecule has 0 saturated carbocycles. The van der Waals surface area contributed by atoms with Crippen molar-refractivity contribution in [2.24, 2.45) is 7.05 Å². The molecule has 28 heavy (non-hydrogen) atoms. The summed E-state index contributed by atoms with van der Waals surface area (Å²) in [5, 5.41) is 2.89. The van der Waals surface area contributed by atoms with E-state index in [0.717, 1.165) is 11.1 Å². The molecule has 2 aromatic carbocycles. The third kappa shape index (κ3) is 3.20. The first-order valence-corrected chi connectivity index (χ1v) is 8.96. The molecule has 2 amide bonds. The first kappa shape index (κ1) is 17.7. The van der Waals surface area contributed by atoms with E-state index in [2.05, 4.69) is 5.32 Å².